The van der Waals surface area contributed by atoms with Gasteiger partial charge in [-0.2, -0.15) is 0 Å². The Morgan fingerprint density at radius 2 is 1.89 bits per heavy atom. The van der Waals surface area contributed by atoms with Crippen LogP contribution in [0, 0.1) is 12.8 Å². The van der Waals surface area contributed by atoms with Gasteiger partial charge in [-0.25, -0.2) is 28.4 Å². The van der Waals surface area contributed by atoms with Crippen molar-refractivity contribution < 1.29 is 8.42 Å². The van der Waals surface area contributed by atoms with E-state index in [0.29, 0.717) is 30.5 Å². The Morgan fingerprint density at radius 3 is 2.57 bits per heavy atom. The number of rotatable bonds is 7. The monoisotopic (exact) mass is 509 g/mol. The smallest absolute Gasteiger partial charge is 0.173 e. The van der Waals surface area contributed by atoms with Crippen LogP contribution in [0.15, 0.2) is 36.9 Å². The van der Waals surface area contributed by atoms with E-state index in [9.17, 15) is 8.42 Å². The van der Waals surface area contributed by atoms with Crippen molar-refractivity contribution in [2.75, 3.05) is 35.3 Å². The molecule has 0 aliphatic carbocycles. The third-order valence-electron chi connectivity index (χ3n) is 5.92. The predicted molar refractivity (Wildman–Crippen MR) is 140 cm³/mol. The van der Waals surface area contributed by atoms with Gasteiger partial charge in [0.2, 0.25) is 0 Å². The van der Waals surface area contributed by atoms with Crippen molar-refractivity contribution >= 4 is 49.3 Å². The van der Waals surface area contributed by atoms with E-state index in [1.807, 2.05) is 31.5 Å². The summed E-state index contributed by atoms with van der Waals surface area (Å²) in [6.45, 7) is 7.59. The summed E-state index contributed by atoms with van der Waals surface area (Å²) in [6.07, 6.45) is 8.54. The number of aryl methyl sites for hydroxylation is 1. The number of sulfone groups is 1. The third-order valence-corrected chi connectivity index (χ3v) is 7.90. The third kappa shape index (κ3) is 5.10. The molecule has 9 nitrogen and oxygen atoms in total. The van der Waals surface area contributed by atoms with Crippen molar-refractivity contribution in [3.63, 3.8) is 0 Å². The molecule has 1 aliphatic rings. The SMILES string of the molecule is Cc1ncc(-c2nccc(Nc3cc4c(C(C)C)ncc(N5CC(CS(C)(=O)=O)C5)c4cn3)n2)s1. The molecule has 5 heterocycles. The maximum atomic E-state index is 11.6. The number of aromatic nitrogens is 5. The molecule has 0 unspecified atom stereocenters. The van der Waals surface area contributed by atoms with Gasteiger partial charge in [0.15, 0.2) is 5.82 Å². The van der Waals surface area contributed by atoms with E-state index in [0.717, 1.165) is 32.0 Å². The van der Waals surface area contributed by atoms with Crippen molar-refractivity contribution in [1.82, 2.24) is 24.9 Å². The fourth-order valence-electron chi connectivity index (χ4n) is 4.36. The second-order valence-corrected chi connectivity index (χ2v) is 12.7. The number of thiazole rings is 1. The fourth-order valence-corrected chi connectivity index (χ4v) is 6.15. The average molecular weight is 510 g/mol. The van der Waals surface area contributed by atoms with Gasteiger partial charge in [0.1, 0.15) is 21.5 Å². The van der Waals surface area contributed by atoms with Crippen molar-refractivity contribution in [1.29, 1.82) is 0 Å². The van der Waals surface area contributed by atoms with Crippen LogP contribution in [0.3, 0.4) is 0 Å². The van der Waals surface area contributed by atoms with E-state index in [2.05, 4.69) is 44.0 Å². The van der Waals surface area contributed by atoms with Crippen molar-refractivity contribution in [3.8, 4) is 10.7 Å². The van der Waals surface area contributed by atoms with Crippen molar-refractivity contribution in [3.05, 3.63) is 47.6 Å². The highest BCUT2D eigenvalue weighted by Gasteiger charge is 2.31. The Bertz CT molecular complexity index is 1500. The van der Waals surface area contributed by atoms with Gasteiger partial charge in [-0.15, -0.1) is 11.3 Å². The van der Waals surface area contributed by atoms with Gasteiger partial charge >= 0.3 is 0 Å². The Balaban J connectivity index is 1.44. The summed E-state index contributed by atoms with van der Waals surface area (Å²) < 4.78 is 23.3. The molecule has 0 aromatic carbocycles. The van der Waals surface area contributed by atoms with Gasteiger partial charge in [0, 0.05) is 54.6 Å². The first-order valence-electron chi connectivity index (χ1n) is 11.4. The molecule has 1 aliphatic heterocycles. The van der Waals surface area contributed by atoms with Crippen LogP contribution in [0.5, 0.6) is 0 Å². The minimum Gasteiger partial charge on any atom is -0.369 e. The summed E-state index contributed by atoms with van der Waals surface area (Å²) in [5.41, 5.74) is 1.98. The lowest BCUT2D eigenvalue weighted by Gasteiger charge is -2.41. The van der Waals surface area contributed by atoms with Gasteiger partial charge in [0.25, 0.3) is 0 Å². The van der Waals surface area contributed by atoms with E-state index < -0.39 is 9.84 Å². The minimum atomic E-state index is -2.98. The Morgan fingerprint density at radius 1 is 1.09 bits per heavy atom. The Hall–Kier alpha value is -3.18. The lowest BCUT2D eigenvalue weighted by atomic mass is 9.98. The number of nitrogens with zero attached hydrogens (tertiary/aromatic N) is 6. The van der Waals surface area contributed by atoms with E-state index in [1.54, 1.807) is 23.7 Å². The molecule has 1 saturated heterocycles. The number of fused-ring (bicyclic) bond motifs is 1. The molecule has 0 saturated carbocycles. The molecule has 11 heteroatoms. The first-order valence-corrected chi connectivity index (χ1v) is 14.3. The first kappa shape index (κ1) is 23.6. The molecule has 4 aromatic heterocycles. The quantitative estimate of drug-likeness (QED) is 0.391. The van der Waals surface area contributed by atoms with Crippen LogP contribution in [0.25, 0.3) is 21.5 Å². The lowest BCUT2D eigenvalue weighted by molar-refractivity contribution is 0.445. The highest BCUT2D eigenvalue weighted by atomic mass is 32.2. The zero-order chi connectivity index (χ0) is 24.7. The van der Waals surface area contributed by atoms with Gasteiger partial charge in [0.05, 0.1) is 33.2 Å². The van der Waals surface area contributed by atoms with Crippen molar-refractivity contribution in [2.45, 2.75) is 26.7 Å². The molecule has 1 N–H and O–H groups in total. The molecular formula is C24H27N7O2S2. The summed E-state index contributed by atoms with van der Waals surface area (Å²) in [5, 5.41) is 6.30. The summed E-state index contributed by atoms with van der Waals surface area (Å²) in [4.78, 5) is 25.8. The number of nitrogens with one attached hydrogen (secondary N) is 1. The summed E-state index contributed by atoms with van der Waals surface area (Å²) in [6, 6.07) is 3.82. The zero-order valence-corrected chi connectivity index (χ0v) is 21.7. The maximum absolute atomic E-state index is 11.6. The van der Waals surface area contributed by atoms with E-state index >= 15 is 0 Å². The molecule has 0 amide bonds. The maximum Gasteiger partial charge on any atom is 0.173 e. The van der Waals surface area contributed by atoms with Crippen molar-refractivity contribution in [2.24, 2.45) is 5.92 Å². The van der Waals surface area contributed by atoms with Gasteiger partial charge in [-0.05, 0) is 25.0 Å². The molecule has 5 rings (SSSR count). The van der Waals surface area contributed by atoms with Gasteiger partial charge in [-0.3, -0.25) is 4.98 Å². The number of hydrogen-bond donors (Lipinski definition) is 1. The zero-order valence-electron chi connectivity index (χ0n) is 20.1. The van der Waals surface area contributed by atoms with Crippen LogP contribution < -0.4 is 10.2 Å². The second kappa shape index (κ2) is 9.12. The van der Waals surface area contributed by atoms with Crippen LogP contribution in [0.4, 0.5) is 17.3 Å². The Labute approximate surface area is 208 Å². The molecule has 0 radical (unpaired) electrons. The fraction of sp³-hybridized carbons (Fsp3) is 0.375. The standard InChI is InChI=1S/C24H27N7O2S2/c1-14(2)23-17-7-22(29-21-5-6-25-24(30-21)20-10-26-15(3)34-20)27-8-18(17)19(9-28-23)31-11-16(12-31)13-35(4,32)33/h5-10,14,16H,11-13H2,1-4H3,(H,25,27,29,30). The molecule has 182 valence electrons. The topological polar surface area (TPSA) is 114 Å². The number of anilines is 3. The first-order chi connectivity index (χ1) is 16.7. The summed E-state index contributed by atoms with van der Waals surface area (Å²) in [5.74, 6) is 2.53. The lowest BCUT2D eigenvalue weighted by Crippen LogP contribution is -2.49. The van der Waals surface area contributed by atoms with E-state index in [-0.39, 0.29) is 17.6 Å². The highest BCUT2D eigenvalue weighted by Crippen LogP contribution is 2.35. The Kier molecular flexibility index (Phi) is 6.14. The summed E-state index contributed by atoms with van der Waals surface area (Å²) >= 11 is 1.55. The molecule has 35 heavy (non-hydrogen) atoms. The van der Waals surface area contributed by atoms with Crippen LogP contribution in [0.2, 0.25) is 0 Å². The molecule has 0 bridgehead atoms. The molecule has 4 aromatic rings. The average Bonchev–Trinajstić information content (AvgIpc) is 3.21. The largest absolute Gasteiger partial charge is 0.369 e. The van der Waals surface area contributed by atoms with Crippen LogP contribution in [-0.4, -0.2) is 58.4 Å². The van der Waals surface area contributed by atoms with Crippen LogP contribution in [-0.2, 0) is 9.84 Å². The number of pyridine rings is 2. The highest BCUT2D eigenvalue weighted by molar-refractivity contribution is 7.90. The summed E-state index contributed by atoms with van der Waals surface area (Å²) in [7, 11) is -2.98. The minimum absolute atomic E-state index is 0.146. The second-order valence-electron chi connectivity index (χ2n) is 9.30. The van der Waals surface area contributed by atoms with Crippen LogP contribution in [0.1, 0.15) is 30.5 Å². The number of hydrogen-bond acceptors (Lipinski definition) is 10. The van der Waals surface area contributed by atoms with E-state index in [1.165, 1.54) is 6.26 Å². The predicted octanol–water partition coefficient (Wildman–Crippen LogP) is 4.20. The molecule has 0 atom stereocenters. The van der Waals surface area contributed by atoms with Gasteiger partial charge in [-0.1, -0.05) is 13.8 Å². The molecule has 1 fully saturated rings. The molecule has 0 spiro atoms. The normalized spacial score (nSPS) is 14.5. The van der Waals surface area contributed by atoms with Gasteiger partial charge < -0.3 is 10.2 Å². The molecular weight excluding hydrogens is 482 g/mol. The van der Waals surface area contributed by atoms with E-state index in [4.69, 9.17) is 4.98 Å². The van der Waals surface area contributed by atoms with Crippen LogP contribution >= 0.6 is 11.3 Å².